The maximum atomic E-state index is 12.1. The Morgan fingerprint density at radius 1 is 1.53 bits per heavy atom. The van der Waals surface area contributed by atoms with Gasteiger partial charge in [-0.05, 0) is 12.5 Å². The van der Waals surface area contributed by atoms with E-state index in [2.05, 4.69) is 5.10 Å². The standard InChI is InChI=1S/C9H13F3N2O/c1-3-6-4-7(14(2)13-6)5-8(15)9(10,11)12/h4,8,15H,3,5H2,1-2H3/t8-/m0/s1. The maximum absolute atomic E-state index is 12.1. The van der Waals surface area contributed by atoms with Crippen LogP contribution in [0.2, 0.25) is 0 Å². The second-order valence-corrected chi connectivity index (χ2v) is 3.37. The summed E-state index contributed by atoms with van der Waals surface area (Å²) in [6, 6.07) is 1.58. The van der Waals surface area contributed by atoms with Crippen molar-refractivity contribution in [2.75, 3.05) is 0 Å². The van der Waals surface area contributed by atoms with Crippen molar-refractivity contribution in [2.45, 2.75) is 32.0 Å². The van der Waals surface area contributed by atoms with Crippen LogP contribution in [0, 0.1) is 0 Å². The predicted octanol–water partition coefficient (Wildman–Crippen LogP) is 1.45. The number of rotatable bonds is 3. The number of aliphatic hydroxyl groups is 1. The largest absolute Gasteiger partial charge is 0.414 e. The van der Waals surface area contributed by atoms with E-state index in [1.807, 2.05) is 6.92 Å². The van der Waals surface area contributed by atoms with Gasteiger partial charge in [0, 0.05) is 19.2 Å². The first-order valence-electron chi connectivity index (χ1n) is 4.61. The molecule has 0 aromatic carbocycles. The van der Waals surface area contributed by atoms with E-state index in [1.165, 1.54) is 4.68 Å². The molecule has 0 amide bonds. The Bertz CT molecular complexity index is 333. The monoisotopic (exact) mass is 222 g/mol. The Morgan fingerprint density at radius 3 is 2.53 bits per heavy atom. The fourth-order valence-electron chi connectivity index (χ4n) is 1.25. The summed E-state index contributed by atoms with van der Waals surface area (Å²) in [5.41, 5.74) is 1.11. The second kappa shape index (κ2) is 4.22. The van der Waals surface area contributed by atoms with Crippen LogP contribution in [0.4, 0.5) is 13.2 Å². The highest BCUT2D eigenvalue weighted by Crippen LogP contribution is 2.23. The Hall–Kier alpha value is -1.04. The molecule has 86 valence electrons. The van der Waals surface area contributed by atoms with Crippen LogP contribution in [0.15, 0.2) is 6.07 Å². The van der Waals surface area contributed by atoms with Gasteiger partial charge in [0.15, 0.2) is 6.10 Å². The first-order chi connectivity index (χ1) is 6.84. The van der Waals surface area contributed by atoms with Crippen LogP contribution < -0.4 is 0 Å². The van der Waals surface area contributed by atoms with Crippen molar-refractivity contribution in [1.82, 2.24) is 9.78 Å². The second-order valence-electron chi connectivity index (χ2n) is 3.37. The SMILES string of the molecule is CCc1cc(C[C@H](O)C(F)(F)F)n(C)n1. The van der Waals surface area contributed by atoms with Crippen molar-refractivity contribution >= 4 is 0 Å². The number of aliphatic hydroxyl groups excluding tert-OH is 1. The van der Waals surface area contributed by atoms with E-state index in [0.29, 0.717) is 12.1 Å². The first-order valence-corrected chi connectivity index (χ1v) is 4.61. The van der Waals surface area contributed by atoms with Gasteiger partial charge in [-0.25, -0.2) is 0 Å². The van der Waals surface area contributed by atoms with Gasteiger partial charge in [-0.15, -0.1) is 0 Å². The van der Waals surface area contributed by atoms with Crippen LogP contribution in [0.1, 0.15) is 18.3 Å². The zero-order chi connectivity index (χ0) is 11.6. The molecule has 15 heavy (non-hydrogen) atoms. The molecule has 1 heterocycles. The molecular formula is C9H13F3N2O. The molecule has 0 bridgehead atoms. The molecule has 0 aliphatic carbocycles. The Morgan fingerprint density at radius 2 is 2.13 bits per heavy atom. The highest BCUT2D eigenvalue weighted by Gasteiger charge is 2.38. The molecule has 1 rings (SSSR count). The van der Waals surface area contributed by atoms with Gasteiger partial charge < -0.3 is 5.11 Å². The highest BCUT2D eigenvalue weighted by atomic mass is 19.4. The molecule has 1 aromatic heterocycles. The van der Waals surface area contributed by atoms with Crippen molar-refractivity contribution < 1.29 is 18.3 Å². The third-order valence-corrected chi connectivity index (χ3v) is 2.17. The number of aromatic nitrogens is 2. The van der Waals surface area contributed by atoms with Gasteiger partial charge in [0.05, 0.1) is 5.69 Å². The smallest absolute Gasteiger partial charge is 0.383 e. The van der Waals surface area contributed by atoms with E-state index in [9.17, 15) is 13.2 Å². The normalized spacial score (nSPS) is 14.3. The number of hydrogen-bond acceptors (Lipinski definition) is 2. The molecule has 1 atom stereocenters. The average molecular weight is 222 g/mol. The predicted molar refractivity (Wildman–Crippen MR) is 48.4 cm³/mol. The zero-order valence-electron chi connectivity index (χ0n) is 8.54. The Kier molecular flexibility index (Phi) is 3.38. The minimum Gasteiger partial charge on any atom is -0.383 e. The molecule has 0 spiro atoms. The van der Waals surface area contributed by atoms with Gasteiger partial charge in [-0.1, -0.05) is 6.92 Å². The Balaban J connectivity index is 2.76. The molecule has 0 radical (unpaired) electrons. The van der Waals surface area contributed by atoms with Gasteiger partial charge in [0.25, 0.3) is 0 Å². The average Bonchev–Trinajstić information content (AvgIpc) is 2.45. The molecule has 0 unspecified atom stereocenters. The van der Waals surface area contributed by atoms with Crippen molar-refractivity contribution in [3.63, 3.8) is 0 Å². The summed E-state index contributed by atoms with van der Waals surface area (Å²) in [6.07, 6.45) is -6.68. The number of alkyl halides is 3. The molecule has 0 saturated heterocycles. The first kappa shape index (κ1) is 12.0. The van der Waals surface area contributed by atoms with Gasteiger partial charge in [0.1, 0.15) is 0 Å². The highest BCUT2D eigenvalue weighted by molar-refractivity contribution is 5.11. The summed E-state index contributed by atoms with van der Waals surface area (Å²) in [7, 11) is 1.57. The summed E-state index contributed by atoms with van der Waals surface area (Å²) >= 11 is 0. The third-order valence-electron chi connectivity index (χ3n) is 2.17. The Labute approximate surface area is 85.5 Å². The minimum atomic E-state index is -4.57. The van der Waals surface area contributed by atoms with Crippen LogP contribution in [0.5, 0.6) is 0 Å². The lowest BCUT2D eigenvalue weighted by atomic mass is 10.2. The zero-order valence-corrected chi connectivity index (χ0v) is 8.54. The molecule has 0 aliphatic heterocycles. The minimum absolute atomic E-state index is 0.386. The fraction of sp³-hybridized carbons (Fsp3) is 0.667. The molecule has 0 fully saturated rings. The summed E-state index contributed by atoms with van der Waals surface area (Å²) in [4.78, 5) is 0. The van der Waals surface area contributed by atoms with Crippen molar-refractivity contribution in [3.05, 3.63) is 17.5 Å². The van der Waals surface area contributed by atoms with Crippen LogP contribution in [-0.2, 0) is 19.9 Å². The summed E-state index contributed by atoms with van der Waals surface area (Å²) in [5.74, 6) is 0. The third kappa shape index (κ3) is 2.95. The summed E-state index contributed by atoms with van der Waals surface area (Å²) in [6.45, 7) is 1.87. The molecule has 1 aromatic rings. The lowest BCUT2D eigenvalue weighted by molar-refractivity contribution is -0.203. The number of hydrogen-bond donors (Lipinski definition) is 1. The lowest BCUT2D eigenvalue weighted by Crippen LogP contribution is -2.31. The molecular weight excluding hydrogens is 209 g/mol. The van der Waals surface area contributed by atoms with Gasteiger partial charge >= 0.3 is 6.18 Å². The van der Waals surface area contributed by atoms with Crippen LogP contribution in [0.3, 0.4) is 0 Å². The molecule has 1 N–H and O–H groups in total. The molecule has 0 aliphatic rings. The van der Waals surface area contributed by atoms with Crippen molar-refractivity contribution in [1.29, 1.82) is 0 Å². The van der Waals surface area contributed by atoms with Crippen molar-refractivity contribution in [2.24, 2.45) is 7.05 Å². The molecule has 3 nitrogen and oxygen atoms in total. The summed E-state index contributed by atoms with van der Waals surface area (Å²) in [5, 5.41) is 12.9. The lowest BCUT2D eigenvalue weighted by Gasteiger charge is -2.13. The van der Waals surface area contributed by atoms with Gasteiger partial charge in [-0.3, -0.25) is 4.68 Å². The van der Waals surface area contributed by atoms with E-state index < -0.39 is 18.7 Å². The van der Waals surface area contributed by atoms with E-state index >= 15 is 0 Å². The topological polar surface area (TPSA) is 38.0 Å². The fourth-order valence-corrected chi connectivity index (χ4v) is 1.25. The number of aryl methyl sites for hydroxylation is 2. The quantitative estimate of drug-likeness (QED) is 0.840. The van der Waals surface area contributed by atoms with Crippen LogP contribution in [-0.4, -0.2) is 27.2 Å². The van der Waals surface area contributed by atoms with E-state index in [0.717, 1.165) is 5.69 Å². The van der Waals surface area contributed by atoms with Gasteiger partial charge in [-0.2, -0.15) is 18.3 Å². The maximum Gasteiger partial charge on any atom is 0.414 e. The number of nitrogens with zero attached hydrogens (tertiary/aromatic N) is 2. The van der Waals surface area contributed by atoms with Crippen LogP contribution in [0.25, 0.3) is 0 Å². The van der Waals surface area contributed by atoms with Crippen molar-refractivity contribution in [3.8, 4) is 0 Å². The van der Waals surface area contributed by atoms with E-state index in [1.54, 1.807) is 13.1 Å². The van der Waals surface area contributed by atoms with E-state index in [4.69, 9.17) is 5.11 Å². The van der Waals surface area contributed by atoms with Crippen LogP contribution >= 0.6 is 0 Å². The molecule has 0 saturated carbocycles. The summed E-state index contributed by atoms with van der Waals surface area (Å²) < 4.78 is 37.6. The van der Waals surface area contributed by atoms with Gasteiger partial charge in [0.2, 0.25) is 0 Å². The van der Waals surface area contributed by atoms with E-state index in [-0.39, 0.29) is 0 Å². The number of halogens is 3. The molecule has 6 heteroatoms.